The molecule has 0 aromatic carbocycles. The fourth-order valence-electron chi connectivity index (χ4n) is 1.43. The van der Waals surface area contributed by atoms with Crippen LogP contribution < -0.4 is 10.6 Å². The third-order valence-electron chi connectivity index (χ3n) is 2.33. The van der Waals surface area contributed by atoms with E-state index in [2.05, 4.69) is 16.8 Å². The molecule has 0 atom stereocenters. The Morgan fingerprint density at radius 2 is 2.38 bits per heavy atom. The second-order valence-electron chi connectivity index (χ2n) is 3.39. The summed E-state index contributed by atoms with van der Waals surface area (Å²) in [6.07, 6.45) is 1.67. The number of aromatic nitrogens is 1. The number of hydrogen-bond donors (Lipinski definition) is 2. The molecule has 16 heavy (non-hydrogen) atoms. The van der Waals surface area contributed by atoms with Crippen molar-refractivity contribution < 1.29 is 4.74 Å². The third kappa shape index (κ3) is 3.20. The van der Waals surface area contributed by atoms with Gasteiger partial charge in [0.2, 0.25) is 0 Å². The minimum atomic E-state index is -0.00959. The van der Waals surface area contributed by atoms with E-state index in [1.165, 1.54) is 0 Å². The van der Waals surface area contributed by atoms with E-state index < -0.39 is 0 Å². The van der Waals surface area contributed by atoms with Crippen molar-refractivity contribution in [1.82, 2.24) is 4.98 Å². The van der Waals surface area contributed by atoms with Gasteiger partial charge in [-0.25, -0.2) is 0 Å². The predicted octanol–water partition coefficient (Wildman–Crippen LogP) is 0.838. The smallest absolute Gasteiger partial charge is 0.141 e. The molecule has 0 amide bonds. The molecule has 0 unspecified atom stereocenters. The number of pyridine rings is 1. The van der Waals surface area contributed by atoms with Crippen molar-refractivity contribution in [2.75, 3.05) is 31.7 Å². The molecule has 1 rings (SSSR count). The number of likely N-dealkylation sites (N-methyl/N-ethyl adjacent to an activating group) is 1. The number of rotatable bonds is 6. The van der Waals surface area contributed by atoms with E-state index in [4.69, 9.17) is 15.9 Å². The fourth-order valence-corrected chi connectivity index (χ4v) is 1.43. The van der Waals surface area contributed by atoms with Crippen molar-refractivity contribution in [1.29, 1.82) is 5.41 Å². The zero-order chi connectivity index (χ0) is 12.0. The number of nitrogens with two attached hydrogens (primary N) is 1. The quantitative estimate of drug-likeness (QED) is 0.552. The molecule has 5 heteroatoms. The molecule has 5 nitrogen and oxygen atoms in total. The maximum absolute atomic E-state index is 7.34. The average Bonchev–Trinajstić information content (AvgIpc) is 2.30. The first-order valence-corrected chi connectivity index (χ1v) is 5.23. The lowest BCUT2D eigenvalue weighted by atomic mass is 10.2. The number of amidine groups is 1. The van der Waals surface area contributed by atoms with Gasteiger partial charge in [0, 0.05) is 32.1 Å². The number of hydrogen-bond acceptors (Lipinski definition) is 4. The van der Waals surface area contributed by atoms with Gasteiger partial charge in [-0.2, -0.15) is 0 Å². The zero-order valence-electron chi connectivity index (χ0n) is 9.73. The first-order valence-electron chi connectivity index (χ1n) is 5.23. The summed E-state index contributed by atoms with van der Waals surface area (Å²) in [6, 6.07) is 3.73. The fraction of sp³-hybridized carbons (Fsp3) is 0.455. The molecular weight excluding hydrogens is 204 g/mol. The van der Waals surface area contributed by atoms with Crippen LogP contribution in [0.25, 0.3) is 0 Å². The van der Waals surface area contributed by atoms with Crippen molar-refractivity contribution in [3.05, 3.63) is 24.0 Å². The van der Waals surface area contributed by atoms with Crippen LogP contribution in [0.5, 0.6) is 0 Å². The Bertz CT molecular complexity index is 354. The second-order valence-corrected chi connectivity index (χ2v) is 3.39. The van der Waals surface area contributed by atoms with E-state index in [0.29, 0.717) is 12.3 Å². The summed E-state index contributed by atoms with van der Waals surface area (Å²) >= 11 is 0. The maximum Gasteiger partial charge on any atom is 0.141 e. The highest BCUT2D eigenvalue weighted by molar-refractivity contribution is 5.93. The summed E-state index contributed by atoms with van der Waals surface area (Å²) < 4.78 is 5.05. The van der Waals surface area contributed by atoms with Crippen molar-refractivity contribution >= 4 is 11.5 Å². The van der Waals surface area contributed by atoms with Gasteiger partial charge in [0.15, 0.2) is 0 Å². The zero-order valence-corrected chi connectivity index (χ0v) is 9.73. The number of nitrogen functional groups attached to an aromatic ring is 1. The number of ether oxygens (including phenoxy) is 1. The highest BCUT2D eigenvalue weighted by Crippen LogP contribution is 2.13. The van der Waals surface area contributed by atoms with Gasteiger partial charge in [-0.3, -0.25) is 10.4 Å². The number of nitrogens with zero attached hydrogens (tertiary/aromatic N) is 2. The van der Waals surface area contributed by atoms with E-state index in [1.54, 1.807) is 13.3 Å². The molecule has 3 N–H and O–H groups in total. The van der Waals surface area contributed by atoms with E-state index in [-0.39, 0.29) is 5.84 Å². The van der Waals surface area contributed by atoms with Crippen LogP contribution in [0, 0.1) is 5.41 Å². The Morgan fingerprint density at radius 3 is 2.94 bits per heavy atom. The van der Waals surface area contributed by atoms with Gasteiger partial charge in [0.25, 0.3) is 0 Å². The van der Waals surface area contributed by atoms with Gasteiger partial charge in [0.1, 0.15) is 11.5 Å². The second kappa shape index (κ2) is 6.07. The van der Waals surface area contributed by atoms with Crippen molar-refractivity contribution in [3.63, 3.8) is 0 Å². The first-order chi connectivity index (χ1) is 7.69. The highest BCUT2D eigenvalue weighted by atomic mass is 16.5. The van der Waals surface area contributed by atoms with E-state index in [0.717, 1.165) is 18.8 Å². The normalized spacial score (nSPS) is 10.1. The number of methoxy groups -OCH3 is 1. The monoisotopic (exact) mass is 222 g/mol. The molecule has 1 aromatic heterocycles. The van der Waals surface area contributed by atoms with Crippen LogP contribution in [-0.4, -0.2) is 37.6 Å². The lowest BCUT2D eigenvalue weighted by Crippen LogP contribution is -2.27. The Balaban J connectivity index is 2.83. The van der Waals surface area contributed by atoms with Gasteiger partial charge in [-0.15, -0.1) is 0 Å². The molecule has 0 bridgehead atoms. The molecule has 0 aliphatic heterocycles. The van der Waals surface area contributed by atoms with E-state index in [9.17, 15) is 0 Å². The van der Waals surface area contributed by atoms with Crippen LogP contribution in [0.2, 0.25) is 0 Å². The minimum absolute atomic E-state index is 0.00959. The molecule has 0 radical (unpaired) electrons. The Labute approximate surface area is 95.7 Å². The van der Waals surface area contributed by atoms with E-state index in [1.807, 2.05) is 12.1 Å². The first kappa shape index (κ1) is 12.4. The van der Waals surface area contributed by atoms with Gasteiger partial charge in [0.05, 0.1) is 6.61 Å². The molecule has 0 saturated heterocycles. The Kier molecular flexibility index (Phi) is 4.72. The summed E-state index contributed by atoms with van der Waals surface area (Å²) in [5.74, 6) is -0.00959. The Morgan fingerprint density at radius 1 is 1.62 bits per heavy atom. The molecule has 0 spiro atoms. The highest BCUT2D eigenvalue weighted by Gasteiger charge is 2.06. The minimum Gasteiger partial charge on any atom is -0.383 e. The van der Waals surface area contributed by atoms with Gasteiger partial charge in [-0.05, 0) is 19.1 Å². The van der Waals surface area contributed by atoms with Crippen LogP contribution in [0.3, 0.4) is 0 Å². The van der Waals surface area contributed by atoms with Crippen LogP contribution in [0.1, 0.15) is 12.6 Å². The van der Waals surface area contributed by atoms with E-state index >= 15 is 0 Å². The van der Waals surface area contributed by atoms with Gasteiger partial charge >= 0.3 is 0 Å². The summed E-state index contributed by atoms with van der Waals surface area (Å²) in [4.78, 5) is 6.18. The lowest BCUT2D eigenvalue weighted by molar-refractivity contribution is 0.205. The molecule has 1 heterocycles. The molecular formula is C11H18N4O. The lowest BCUT2D eigenvalue weighted by Gasteiger charge is -2.22. The standard InChI is InChI=1S/C11H18N4O/c1-3-15(6-7-16-2)9-4-5-14-10(8-9)11(12)13/h4-5,8H,3,6-7H2,1-2H3,(H3,12,13). The molecule has 1 aromatic rings. The average molecular weight is 222 g/mol. The molecule has 0 aliphatic carbocycles. The van der Waals surface area contributed by atoms with Gasteiger partial charge in [-0.1, -0.05) is 0 Å². The number of anilines is 1. The molecule has 0 aliphatic rings. The summed E-state index contributed by atoms with van der Waals surface area (Å²) in [7, 11) is 1.68. The molecule has 88 valence electrons. The van der Waals surface area contributed by atoms with Gasteiger partial charge < -0.3 is 15.4 Å². The topological polar surface area (TPSA) is 75.2 Å². The largest absolute Gasteiger partial charge is 0.383 e. The van der Waals surface area contributed by atoms with Crippen molar-refractivity contribution in [2.45, 2.75) is 6.92 Å². The molecule has 0 fully saturated rings. The summed E-state index contributed by atoms with van der Waals surface area (Å²) in [5.41, 5.74) is 6.92. The Hall–Kier alpha value is -1.62. The molecule has 0 saturated carbocycles. The van der Waals surface area contributed by atoms with Crippen molar-refractivity contribution in [3.8, 4) is 0 Å². The van der Waals surface area contributed by atoms with Crippen LogP contribution in [0.15, 0.2) is 18.3 Å². The number of nitrogens with one attached hydrogen (secondary N) is 1. The SMILES string of the molecule is CCN(CCOC)c1ccnc(C(=N)N)c1. The van der Waals surface area contributed by atoms with Crippen LogP contribution in [-0.2, 0) is 4.74 Å². The third-order valence-corrected chi connectivity index (χ3v) is 2.33. The summed E-state index contributed by atoms with van der Waals surface area (Å²) in [5, 5.41) is 7.34. The van der Waals surface area contributed by atoms with Crippen molar-refractivity contribution in [2.24, 2.45) is 5.73 Å². The predicted molar refractivity (Wildman–Crippen MR) is 65.0 cm³/mol. The summed E-state index contributed by atoms with van der Waals surface area (Å²) in [6.45, 7) is 4.44. The van der Waals surface area contributed by atoms with Crippen LogP contribution >= 0.6 is 0 Å². The maximum atomic E-state index is 7.34. The van der Waals surface area contributed by atoms with Crippen LogP contribution in [0.4, 0.5) is 5.69 Å².